The van der Waals surface area contributed by atoms with E-state index in [0.29, 0.717) is 32.0 Å². The fraction of sp³-hybridized carbons (Fsp3) is 0.409. The Morgan fingerprint density at radius 3 is 2.72 bits per heavy atom. The predicted molar refractivity (Wildman–Crippen MR) is 111 cm³/mol. The zero-order valence-corrected chi connectivity index (χ0v) is 16.6. The Morgan fingerprint density at radius 1 is 1.24 bits per heavy atom. The molecule has 7 heteroatoms. The van der Waals surface area contributed by atoms with Gasteiger partial charge in [-0.15, -0.1) is 0 Å². The second-order valence-corrected chi connectivity index (χ2v) is 7.30. The van der Waals surface area contributed by atoms with Gasteiger partial charge in [-0.3, -0.25) is 4.98 Å². The SMILES string of the molecule is CCOC(O)c1ccc(C2CCN(C(=O)N3N=CCc4ncccc43)CC2)cc1. The Hall–Kier alpha value is -2.77. The molecule has 0 spiro atoms. The van der Waals surface area contributed by atoms with Crippen LogP contribution in [-0.4, -0.2) is 46.9 Å². The number of piperidine rings is 1. The predicted octanol–water partition coefficient (Wildman–Crippen LogP) is 3.46. The van der Waals surface area contributed by atoms with Crippen LogP contribution in [-0.2, 0) is 11.2 Å². The van der Waals surface area contributed by atoms with Crippen molar-refractivity contribution in [2.24, 2.45) is 5.10 Å². The first-order chi connectivity index (χ1) is 14.2. The van der Waals surface area contributed by atoms with Crippen molar-refractivity contribution in [2.45, 2.75) is 38.4 Å². The van der Waals surface area contributed by atoms with E-state index in [1.165, 1.54) is 10.6 Å². The van der Waals surface area contributed by atoms with Gasteiger partial charge in [-0.05, 0) is 43.4 Å². The smallest absolute Gasteiger partial charge is 0.345 e. The normalized spacial score (nSPS) is 17.9. The fourth-order valence-corrected chi connectivity index (χ4v) is 3.93. The summed E-state index contributed by atoms with van der Waals surface area (Å²) in [5.41, 5.74) is 3.64. The third-order valence-electron chi connectivity index (χ3n) is 5.54. The van der Waals surface area contributed by atoms with Crippen molar-refractivity contribution in [1.29, 1.82) is 0 Å². The average Bonchev–Trinajstić information content (AvgIpc) is 2.78. The molecule has 29 heavy (non-hydrogen) atoms. The van der Waals surface area contributed by atoms with Crippen LogP contribution < -0.4 is 5.01 Å². The third-order valence-corrected chi connectivity index (χ3v) is 5.54. The molecule has 0 bridgehead atoms. The summed E-state index contributed by atoms with van der Waals surface area (Å²) in [6, 6.07) is 11.6. The largest absolute Gasteiger partial charge is 0.364 e. The summed E-state index contributed by atoms with van der Waals surface area (Å²) in [5.74, 6) is 0.399. The molecule has 1 atom stereocenters. The number of rotatable bonds is 4. The van der Waals surface area contributed by atoms with Gasteiger partial charge >= 0.3 is 6.03 Å². The molecule has 1 fully saturated rings. The first-order valence-corrected chi connectivity index (χ1v) is 10.1. The molecule has 2 aliphatic rings. The second kappa shape index (κ2) is 8.71. The minimum atomic E-state index is -0.879. The van der Waals surface area contributed by atoms with Crippen LogP contribution in [0.15, 0.2) is 47.7 Å². The van der Waals surface area contributed by atoms with Gasteiger partial charge in [-0.2, -0.15) is 10.1 Å². The van der Waals surface area contributed by atoms with Crippen LogP contribution in [0.1, 0.15) is 48.8 Å². The number of aliphatic hydroxyl groups is 1. The monoisotopic (exact) mass is 394 g/mol. The summed E-state index contributed by atoms with van der Waals surface area (Å²) in [5, 5.41) is 15.7. The summed E-state index contributed by atoms with van der Waals surface area (Å²) in [6.07, 6.45) is 5.04. The first kappa shape index (κ1) is 19.5. The third kappa shape index (κ3) is 4.16. The molecule has 4 rings (SSSR count). The molecule has 1 N–H and O–H groups in total. The van der Waals surface area contributed by atoms with Crippen LogP contribution in [0, 0.1) is 0 Å². The second-order valence-electron chi connectivity index (χ2n) is 7.30. The van der Waals surface area contributed by atoms with E-state index in [0.717, 1.165) is 29.8 Å². The number of carbonyl (C=O) groups excluding carboxylic acids is 1. The van der Waals surface area contributed by atoms with Gasteiger partial charge in [-0.1, -0.05) is 24.3 Å². The number of likely N-dealkylation sites (tertiary alicyclic amines) is 1. The van der Waals surface area contributed by atoms with Gasteiger partial charge in [0.25, 0.3) is 0 Å². The molecule has 152 valence electrons. The van der Waals surface area contributed by atoms with Crippen molar-refractivity contribution in [3.05, 3.63) is 59.4 Å². The number of benzene rings is 1. The van der Waals surface area contributed by atoms with Crippen molar-refractivity contribution in [3.63, 3.8) is 0 Å². The maximum atomic E-state index is 13.0. The van der Waals surface area contributed by atoms with Crippen LogP contribution in [0.3, 0.4) is 0 Å². The molecular formula is C22H26N4O3. The number of ether oxygens (including phenoxy) is 1. The average molecular weight is 394 g/mol. The van der Waals surface area contributed by atoms with E-state index in [4.69, 9.17) is 4.74 Å². The van der Waals surface area contributed by atoms with Gasteiger partial charge < -0.3 is 14.7 Å². The Bertz CT molecular complexity index is 876. The number of amides is 2. The Kier molecular flexibility index (Phi) is 5.87. The molecule has 1 aromatic carbocycles. The summed E-state index contributed by atoms with van der Waals surface area (Å²) in [4.78, 5) is 19.2. The van der Waals surface area contributed by atoms with Gasteiger partial charge in [0.05, 0.1) is 11.4 Å². The zero-order chi connectivity index (χ0) is 20.2. The van der Waals surface area contributed by atoms with Crippen molar-refractivity contribution >= 4 is 17.9 Å². The Morgan fingerprint density at radius 2 is 2.00 bits per heavy atom. The lowest BCUT2D eigenvalue weighted by atomic mass is 9.89. The number of aromatic nitrogens is 1. The molecule has 0 radical (unpaired) electrons. The highest BCUT2D eigenvalue weighted by molar-refractivity contribution is 5.95. The van der Waals surface area contributed by atoms with Crippen molar-refractivity contribution in [2.75, 3.05) is 24.7 Å². The lowest BCUT2D eigenvalue weighted by Gasteiger charge is -2.35. The van der Waals surface area contributed by atoms with Gasteiger partial charge in [0.15, 0.2) is 6.29 Å². The molecule has 0 aliphatic carbocycles. The highest BCUT2D eigenvalue weighted by Crippen LogP contribution is 2.31. The van der Waals surface area contributed by atoms with E-state index < -0.39 is 6.29 Å². The standard InChI is InChI=1S/C22H26N4O3/c1-2-29-21(27)18-7-5-16(6-8-18)17-10-14-25(15-11-17)22(28)26-20-4-3-12-23-19(20)9-13-24-26/h3-8,12-13,17,21,27H,2,9-11,14-15H2,1H3. The molecule has 3 heterocycles. The van der Waals surface area contributed by atoms with Crippen LogP contribution in [0.2, 0.25) is 0 Å². The van der Waals surface area contributed by atoms with E-state index in [-0.39, 0.29) is 6.03 Å². The fourth-order valence-electron chi connectivity index (χ4n) is 3.93. The van der Waals surface area contributed by atoms with Crippen molar-refractivity contribution in [3.8, 4) is 0 Å². The number of hydrogen-bond donors (Lipinski definition) is 1. The molecule has 1 unspecified atom stereocenters. The highest BCUT2D eigenvalue weighted by atomic mass is 16.6. The number of hydrogen-bond acceptors (Lipinski definition) is 5. The molecular weight excluding hydrogens is 368 g/mol. The Labute approximate surface area is 170 Å². The highest BCUT2D eigenvalue weighted by Gasteiger charge is 2.30. The number of aliphatic hydroxyl groups excluding tert-OH is 1. The van der Waals surface area contributed by atoms with E-state index >= 15 is 0 Å². The summed E-state index contributed by atoms with van der Waals surface area (Å²) < 4.78 is 5.23. The van der Waals surface area contributed by atoms with Crippen molar-refractivity contribution in [1.82, 2.24) is 9.88 Å². The first-order valence-electron chi connectivity index (χ1n) is 10.1. The number of nitrogens with zero attached hydrogens (tertiary/aromatic N) is 4. The van der Waals surface area contributed by atoms with Crippen molar-refractivity contribution < 1.29 is 14.6 Å². The van der Waals surface area contributed by atoms with Crippen LogP contribution in [0.4, 0.5) is 10.5 Å². The Balaban J connectivity index is 1.38. The molecule has 1 aromatic heterocycles. The number of anilines is 1. The van der Waals surface area contributed by atoms with Crippen LogP contribution in [0.5, 0.6) is 0 Å². The van der Waals surface area contributed by atoms with Gasteiger partial charge in [0.2, 0.25) is 0 Å². The molecule has 1 saturated heterocycles. The van der Waals surface area contributed by atoms with E-state index in [1.54, 1.807) is 12.4 Å². The van der Waals surface area contributed by atoms with Crippen LogP contribution >= 0.6 is 0 Å². The summed E-state index contributed by atoms with van der Waals surface area (Å²) in [7, 11) is 0. The minimum Gasteiger partial charge on any atom is -0.364 e. The molecule has 7 nitrogen and oxygen atoms in total. The van der Waals surface area contributed by atoms with Gasteiger partial charge in [0.1, 0.15) is 0 Å². The molecule has 2 aromatic rings. The number of urea groups is 1. The minimum absolute atomic E-state index is 0.0937. The molecule has 2 amide bonds. The number of fused-ring (bicyclic) bond motifs is 1. The quantitative estimate of drug-likeness (QED) is 0.806. The molecule has 2 aliphatic heterocycles. The topological polar surface area (TPSA) is 78.3 Å². The lowest BCUT2D eigenvalue weighted by Crippen LogP contribution is -2.45. The van der Waals surface area contributed by atoms with E-state index in [2.05, 4.69) is 22.2 Å². The number of pyridine rings is 1. The maximum absolute atomic E-state index is 13.0. The van der Waals surface area contributed by atoms with E-state index in [9.17, 15) is 9.90 Å². The number of carbonyl (C=O) groups is 1. The zero-order valence-electron chi connectivity index (χ0n) is 16.6. The summed E-state index contributed by atoms with van der Waals surface area (Å²) in [6.45, 7) is 3.71. The van der Waals surface area contributed by atoms with Gasteiger partial charge in [-0.25, -0.2) is 4.79 Å². The van der Waals surface area contributed by atoms with Crippen LogP contribution in [0.25, 0.3) is 0 Å². The molecule has 0 saturated carbocycles. The maximum Gasteiger partial charge on any atom is 0.345 e. The van der Waals surface area contributed by atoms with E-state index in [1.807, 2.05) is 36.1 Å². The van der Waals surface area contributed by atoms with Gasteiger partial charge in [0, 0.05) is 44.1 Å². The summed E-state index contributed by atoms with van der Waals surface area (Å²) >= 11 is 0. The number of hydrazone groups is 1. The lowest BCUT2D eigenvalue weighted by molar-refractivity contribution is -0.0979.